The van der Waals surface area contributed by atoms with Gasteiger partial charge in [-0.2, -0.15) is 0 Å². The van der Waals surface area contributed by atoms with E-state index in [1.165, 1.54) is 6.26 Å². The lowest BCUT2D eigenvalue weighted by atomic mass is 10.2. The van der Waals surface area contributed by atoms with E-state index in [9.17, 15) is 4.79 Å². The first-order valence-corrected chi connectivity index (χ1v) is 5.52. The van der Waals surface area contributed by atoms with E-state index in [2.05, 4.69) is 21.2 Å². The second kappa shape index (κ2) is 5.92. The summed E-state index contributed by atoms with van der Waals surface area (Å²) in [6.07, 6.45) is 1.50. The van der Waals surface area contributed by atoms with Crippen LogP contribution in [0.3, 0.4) is 0 Å². The average molecular weight is 276 g/mol. The number of alkyl halides is 1. The zero-order valence-corrected chi connectivity index (χ0v) is 10.3. The van der Waals surface area contributed by atoms with E-state index in [0.717, 1.165) is 5.56 Å². The SMILES string of the molecule is COCC(Br)CNC(=O)c1occc1C. The maximum absolute atomic E-state index is 11.6. The van der Waals surface area contributed by atoms with E-state index in [1.54, 1.807) is 13.2 Å². The molecule has 4 nitrogen and oxygen atoms in total. The molecule has 84 valence electrons. The molecule has 0 saturated heterocycles. The Kier molecular flexibility index (Phi) is 4.84. The molecule has 1 heterocycles. The van der Waals surface area contributed by atoms with Crippen molar-refractivity contribution in [2.75, 3.05) is 20.3 Å². The van der Waals surface area contributed by atoms with Crippen LogP contribution in [0.15, 0.2) is 16.7 Å². The standard InChI is InChI=1S/C10H14BrNO3/c1-7-3-4-15-9(7)10(13)12-5-8(11)6-14-2/h3-4,8H,5-6H2,1-2H3,(H,12,13). The van der Waals surface area contributed by atoms with Gasteiger partial charge < -0.3 is 14.5 Å². The Morgan fingerprint density at radius 3 is 3.00 bits per heavy atom. The molecule has 1 N–H and O–H groups in total. The van der Waals surface area contributed by atoms with E-state index in [1.807, 2.05) is 6.92 Å². The highest BCUT2D eigenvalue weighted by atomic mass is 79.9. The van der Waals surface area contributed by atoms with E-state index < -0.39 is 0 Å². The van der Waals surface area contributed by atoms with E-state index in [0.29, 0.717) is 18.9 Å². The van der Waals surface area contributed by atoms with Crippen LogP contribution in [-0.4, -0.2) is 31.0 Å². The Morgan fingerprint density at radius 2 is 2.47 bits per heavy atom. The monoisotopic (exact) mass is 275 g/mol. The molecule has 1 atom stereocenters. The minimum Gasteiger partial charge on any atom is -0.459 e. The first-order valence-electron chi connectivity index (χ1n) is 4.60. The molecule has 0 aromatic carbocycles. The quantitative estimate of drug-likeness (QED) is 0.833. The summed E-state index contributed by atoms with van der Waals surface area (Å²) in [4.78, 5) is 11.7. The van der Waals surface area contributed by atoms with Crippen LogP contribution in [0.2, 0.25) is 0 Å². The number of hydrogen-bond acceptors (Lipinski definition) is 3. The van der Waals surface area contributed by atoms with Crippen LogP contribution in [0.25, 0.3) is 0 Å². The molecule has 0 aliphatic heterocycles. The van der Waals surface area contributed by atoms with Gasteiger partial charge in [-0.25, -0.2) is 0 Å². The van der Waals surface area contributed by atoms with Crippen molar-refractivity contribution in [3.63, 3.8) is 0 Å². The van der Waals surface area contributed by atoms with Gasteiger partial charge in [0.05, 0.1) is 17.7 Å². The number of aryl methyl sites for hydroxylation is 1. The molecule has 1 aromatic rings. The summed E-state index contributed by atoms with van der Waals surface area (Å²) < 4.78 is 9.99. The number of hydrogen-bond donors (Lipinski definition) is 1. The van der Waals surface area contributed by atoms with Gasteiger partial charge in [0.25, 0.3) is 5.91 Å². The first kappa shape index (κ1) is 12.3. The molecular weight excluding hydrogens is 262 g/mol. The fraction of sp³-hybridized carbons (Fsp3) is 0.500. The fourth-order valence-corrected chi connectivity index (χ4v) is 1.56. The summed E-state index contributed by atoms with van der Waals surface area (Å²) in [6.45, 7) is 2.89. The molecule has 5 heteroatoms. The number of rotatable bonds is 5. The van der Waals surface area contributed by atoms with Crippen molar-refractivity contribution in [1.82, 2.24) is 5.32 Å². The van der Waals surface area contributed by atoms with Crippen LogP contribution in [0.4, 0.5) is 0 Å². The number of furan rings is 1. The number of amides is 1. The fourth-order valence-electron chi connectivity index (χ4n) is 1.13. The number of nitrogens with one attached hydrogen (secondary N) is 1. The van der Waals surface area contributed by atoms with Gasteiger partial charge in [-0.1, -0.05) is 15.9 Å². The smallest absolute Gasteiger partial charge is 0.287 e. The Morgan fingerprint density at radius 1 is 1.73 bits per heavy atom. The number of ether oxygens (including phenoxy) is 1. The Bertz CT molecular complexity index is 324. The summed E-state index contributed by atoms with van der Waals surface area (Å²) in [5.41, 5.74) is 0.838. The number of methoxy groups -OCH3 is 1. The van der Waals surface area contributed by atoms with Crippen molar-refractivity contribution in [3.8, 4) is 0 Å². The number of carbonyl (C=O) groups excluding carboxylic acids is 1. The summed E-state index contributed by atoms with van der Waals surface area (Å²) >= 11 is 3.38. The van der Waals surface area contributed by atoms with Crippen molar-refractivity contribution in [2.24, 2.45) is 0 Å². The number of halogens is 1. The van der Waals surface area contributed by atoms with E-state index in [-0.39, 0.29) is 10.7 Å². The molecule has 0 aliphatic rings. The molecule has 1 unspecified atom stereocenters. The van der Waals surface area contributed by atoms with Crippen molar-refractivity contribution in [2.45, 2.75) is 11.8 Å². The predicted octanol–water partition coefficient (Wildman–Crippen LogP) is 1.73. The van der Waals surface area contributed by atoms with Crippen LogP contribution in [0.5, 0.6) is 0 Å². The van der Waals surface area contributed by atoms with Crippen molar-refractivity contribution in [1.29, 1.82) is 0 Å². The second-order valence-corrected chi connectivity index (χ2v) is 4.49. The molecule has 1 aromatic heterocycles. The van der Waals surface area contributed by atoms with Crippen LogP contribution < -0.4 is 5.32 Å². The molecule has 1 rings (SSSR count). The highest BCUT2D eigenvalue weighted by Gasteiger charge is 2.13. The van der Waals surface area contributed by atoms with Crippen LogP contribution in [0, 0.1) is 6.92 Å². The Balaban J connectivity index is 2.40. The topological polar surface area (TPSA) is 51.5 Å². The molecule has 0 radical (unpaired) electrons. The van der Waals surface area contributed by atoms with E-state index >= 15 is 0 Å². The zero-order valence-electron chi connectivity index (χ0n) is 8.75. The summed E-state index contributed by atoms with van der Waals surface area (Å²) in [5.74, 6) is 0.171. The predicted molar refractivity (Wildman–Crippen MR) is 60.4 cm³/mol. The van der Waals surface area contributed by atoms with Crippen molar-refractivity contribution >= 4 is 21.8 Å². The molecule has 15 heavy (non-hydrogen) atoms. The maximum atomic E-state index is 11.6. The van der Waals surface area contributed by atoms with Crippen LogP contribution in [0.1, 0.15) is 16.1 Å². The average Bonchev–Trinajstić information content (AvgIpc) is 2.61. The lowest BCUT2D eigenvalue weighted by Gasteiger charge is -2.09. The van der Waals surface area contributed by atoms with Gasteiger partial charge in [0.2, 0.25) is 0 Å². The number of carbonyl (C=O) groups is 1. The van der Waals surface area contributed by atoms with Gasteiger partial charge >= 0.3 is 0 Å². The third-order valence-electron chi connectivity index (χ3n) is 1.90. The van der Waals surface area contributed by atoms with Gasteiger partial charge in [-0.3, -0.25) is 4.79 Å². The third-order valence-corrected chi connectivity index (χ3v) is 2.49. The lowest BCUT2D eigenvalue weighted by Crippen LogP contribution is -2.31. The summed E-state index contributed by atoms with van der Waals surface area (Å²) in [6, 6.07) is 1.76. The molecule has 0 spiro atoms. The normalized spacial score (nSPS) is 12.5. The van der Waals surface area contributed by atoms with Crippen molar-refractivity contribution < 1.29 is 13.9 Å². The molecule has 0 bridgehead atoms. The molecule has 0 saturated carbocycles. The van der Waals surface area contributed by atoms with Crippen molar-refractivity contribution in [3.05, 3.63) is 23.7 Å². The highest BCUT2D eigenvalue weighted by Crippen LogP contribution is 2.08. The Hall–Kier alpha value is -0.810. The Labute approximate surface area is 97.1 Å². The van der Waals surface area contributed by atoms with Gasteiger partial charge in [0.15, 0.2) is 5.76 Å². The van der Waals surface area contributed by atoms with Gasteiger partial charge in [0, 0.05) is 19.2 Å². The minimum absolute atomic E-state index is 0.113. The van der Waals surface area contributed by atoms with Crippen LogP contribution >= 0.6 is 15.9 Å². The van der Waals surface area contributed by atoms with Gasteiger partial charge in [-0.05, 0) is 13.0 Å². The zero-order chi connectivity index (χ0) is 11.3. The maximum Gasteiger partial charge on any atom is 0.287 e. The highest BCUT2D eigenvalue weighted by molar-refractivity contribution is 9.09. The first-order chi connectivity index (χ1) is 7.15. The second-order valence-electron chi connectivity index (χ2n) is 3.20. The molecular formula is C10H14BrNO3. The van der Waals surface area contributed by atoms with Crippen LogP contribution in [-0.2, 0) is 4.74 Å². The largest absolute Gasteiger partial charge is 0.459 e. The van der Waals surface area contributed by atoms with E-state index in [4.69, 9.17) is 9.15 Å². The third kappa shape index (κ3) is 3.68. The molecule has 0 fully saturated rings. The molecule has 0 aliphatic carbocycles. The summed E-state index contributed by atoms with van der Waals surface area (Å²) in [5, 5.41) is 2.75. The minimum atomic E-state index is -0.196. The van der Waals surface area contributed by atoms with Gasteiger partial charge in [-0.15, -0.1) is 0 Å². The summed E-state index contributed by atoms with van der Waals surface area (Å²) in [7, 11) is 1.62. The lowest BCUT2D eigenvalue weighted by molar-refractivity contribution is 0.0921. The molecule has 1 amide bonds. The van der Waals surface area contributed by atoms with Gasteiger partial charge in [0.1, 0.15) is 0 Å².